The lowest BCUT2D eigenvalue weighted by molar-refractivity contribution is -0.154. The summed E-state index contributed by atoms with van der Waals surface area (Å²) < 4.78 is 10.7. The van der Waals surface area contributed by atoms with E-state index in [0.29, 0.717) is 22.9 Å². The summed E-state index contributed by atoms with van der Waals surface area (Å²) in [6.45, 7) is 5.17. The SMILES string of the molecule is CC[C@@H](Oc1ccccc1)C(=O)OCC(=O)Nc1c(C)cc(C)cc1Cl. The number of carbonyl (C=O) groups excluding carboxylic acids is 2. The number of amides is 1. The molecule has 0 aliphatic heterocycles. The van der Waals surface area contributed by atoms with Gasteiger partial charge in [0.25, 0.3) is 5.91 Å². The van der Waals surface area contributed by atoms with Crippen molar-refractivity contribution >= 4 is 29.2 Å². The van der Waals surface area contributed by atoms with Gasteiger partial charge in [0, 0.05) is 0 Å². The van der Waals surface area contributed by atoms with Crippen LogP contribution in [0.25, 0.3) is 0 Å². The van der Waals surface area contributed by atoms with E-state index in [0.717, 1.165) is 11.1 Å². The number of aryl methyl sites for hydroxylation is 2. The van der Waals surface area contributed by atoms with Crippen molar-refractivity contribution in [1.82, 2.24) is 0 Å². The molecule has 6 heteroatoms. The smallest absolute Gasteiger partial charge is 0.347 e. The van der Waals surface area contributed by atoms with E-state index in [1.165, 1.54) is 0 Å². The molecule has 1 amide bonds. The Hall–Kier alpha value is -2.53. The highest BCUT2D eigenvalue weighted by Gasteiger charge is 2.21. The van der Waals surface area contributed by atoms with Crippen molar-refractivity contribution in [2.45, 2.75) is 33.3 Å². The molecular weight excluding hydrogens is 354 g/mol. The van der Waals surface area contributed by atoms with E-state index in [2.05, 4.69) is 5.32 Å². The van der Waals surface area contributed by atoms with E-state index in [-0.39, 0.29) is 0 Å². The number of para-hydroxylation sites is 1. The minimum absolute atomic E-state index is 0.406. The Morgan fingerprint density at radius 2 is 1.85 bits per heavy atom. The van der Waals surface area contributed by atoms with Crippen LogP contribution >= 0.6 is 11.6 Å². The fourth-order valence-corrected chi connectivity index (χ4v) is 2.81. The van der Waals surface area contributed by atoms with E-state index in [4.69, 9.17) is 21.1 Å². The van der Waals surface area contributed by atoms with Crippen LogP contribution in [0, 0.1) is 13.8 Å². The van der Waals surface area contributed by atoms with Gasteiger partial charge >= 0.3 is 5.97 Å². The molecule has 1 atom stereocenters. The molecule has 0 aliphatic rings. The summed E-state index contributed by atoms with van der Waals surface area (Å²) in [5, 5.41) is 3.12. The van der Waals surface area contributed by atoms with Crippen molar-refractivity contribution < 1.29 is 19.1 Å². The molecule has 0 saturated heterocycles. The highest BCUT2D eigenvalue weighted by Crippen LogP contribution is 2.27. The zero-order valence-electron chi connectivity index (χ0n) is 15.0. The van der Waals surface area contributed by atoms with Crippen LogP contribution in [-0.2, 0) is 14.3 Å². The second kappa shape index (κ2) is 9.25. The van der Waals surface area contributed by atoms with Gasteiger partial charge in [-0.05, 0) is 49.6 Å². The molecule has 0 aliphatic carbocycles. The highest BCUT2D eigenvalue weighted by molar-refractivity contribution is 6.34. The fourth-order valence-electron chi connectivity index (χ4n) is 2.44. The average molecular weight is 376 g/mol. The van der Waals surface area contributed by atoms with Crippen molar-refractivity contribution in [3.05, 3.63) is 58.6 Å². The zero-order valence-corrected chi connectivity index (χ0v) is 15.8. The van der Waals surface area contributed by atoms with E-state index >= 15 is 0 Å². The third-order valence-corrected chi connectivity index (χ3v) is 3.99. The molecule has 0 heterocycles. The number of nitrogens with one attached hydrogen (secondary N) is 1. The predicted molar refractivity (Wildman–Crippen MR) is 102 cm³/mol. The van der Waals surface area contributed by atoms with Gasteiger partial charge in [0.2, 0.25) is 0 Å². The van der Waals surface area contributed by atoms with Gasteiger partial charge in [-0.3, -0.25) is 4.79 Å². The lowest BCUT2D eigenvalue weighted by Gasteiger charge is -2.16. The number of anilines is 1. The molecule has 0 spiro atoms. The maximum absolute atomic E-state index is 12.2. The summed E-state index contributed by atoms with van der Waals surface area (Å²) in [6.07, 6.45) is -0.340. The molecule has 0 bridgehead atoms. The van der Waals surface area contributed by atoms with Gasteiger partial charge in [-0.1, -0.05) is 42.8 Å². The number of hydrogen-bond acceptors (Lipinski definition) is 4. The van der Waals surface area contributed by atoms with E-state index < -0.39 is 24.6 Å². The molecule has 1 N–H and O–H groups in total. The number of rotatable bonds is 7. The monoisotopic (exact) mass is 375 g/mol. The Morgan fingerprint density at radius 3 is 2.46 bits per heavy atom. The van der Waals surface area contributed by atoms with E-state index in [9.17, 15) is 9.59 Å². The third kappa shape index (κ3) is 5.49. The maximum Gasteiger partial charge on any atom is 0.347 e. The van der Waals surface area contributed by atoms with Gasteiger partial charge in [-0.2, -0.15) is 0 Å². The number of benzene rings is 2. The molecule has 0 radical (unpaired) electrons. The Bertz CT molecular complexity index is 754. The molecule has 0 fully saturated rings. The van der Waals surface area contributed by atoms with E-state index in [1.54, 1.807) is 18.2 Å². The van der Waals surface area contributed by atoms with Crippen molar-refractivity contribution in [3.8, 4) is 5.75 Å². The third-order valence-electron chi connectivity index (χ3n) is 3.70. The summed E-state index contributed by atoms with van der Waals surface area (Å²) in [7, 11) is 0. The molecule has 138 valence electrons. The minimum atomic E-state index is -0.769. The Morgan fingerprint density at radius 1 is 1.15 bits per heavy atom. The summed E-state index contributed by atoms with van der Waals surface area (Å²) >= 11 is 6.16. The van der Waals surface area contributed by atoms with Crippen LogP contribution in [0.3, 0.4) is 0 Å². The molecular formula is C20H22ClNO4. The second-order valence-electron chi connectivity index (χ2n) is 5.92. The van der Waals surface area contributed by atoms with Crippen LogP contribution in [0.5, 0.6) is 5.75 Å². The molecule has 26 heavy (non-hydrogen) atoms. The van der Waals surface area contributed by atoms with Crippen molar-refractivity contribution in [2.75, 3.05) is 11.9 Å². The topological polar surface area (TPSA) is 64.6 Å². The summed E-state index contributed by atoms with van der Waals surface area (Å²) in [4.78, 5) is 24.2. The zero-order chi connectivity index (χ0) is 19.1. The highest BCUT2D eigenvalue weighted by atomic mass is 35.5. The van der Waals surface area contributed by atoms with Gasteiger partial charge < -0.3 is 14.8 Å². The van der Waals surface area contributed by atoms with E-state index in [1.807, 2.05) is 45.0 Å². The van der Waals surface area contributed by atoms with Gasteiger partial charge in [-0.15, -0.1) is 0 Å². The van der Waals surface area contributed by atoms with Crippen LogP contribution in [0.1, 0.15) is 24.5 Å². The standard InChI is InChI=1S/C20H22ClNO4/c1-4-17(26-15-8-6-5-7-9-15)20(24)25-12-18(23)22-19-14(3)10-13(2)11-16(19)21/h5-11,17H,4,12H2,1-3H3,(H,22,23)/t17-/m1/s1. The lowest BCUT2D eigenvalue weighted by Crippen LogP contribution is -2.31. The summed E-state index contributed by atoms with van der Waals surface area (Å²) in [6, 6.07) is 12.7. The number of ether oxygens (including phenoxy) is 2. The summed E-state index contributed by atoms with van der Waals surface area (Å²) in [5.41, 5.74) is 2.36. The number of carbonyl (C=O) groups is 2. The number of halogens is 1. The van der Waals surface area contributed by atoms with Gasteiger partial charge in [0.1, 0.15) is 5.75 Å². The first-order chi connectivity index (χ1) is 12.4. The predicted octanol–water partition coefficient (Wildman–Crippen LogP) is 4.30. The first-order valence-electron chi connectivity index (χ1n) is 8.35. The first-order valence-corrected chi connectivity index (χ1v) is 8.73. The van der Waals surface area contributed by atoms with Gasteiger partial charge in [0.05, 0.1) is 10.7 Å². The fraction of sp³-hybridized carbons (Fsp3) is 0.300. The average Bonchev–Trinajstić information content (AvgIpc) is 2.61. The molecule has 5 nitrogen and oxygen atoms in total. The Labute approximate surface area is 158 Å². The Balaban J connectivity index is 1.90. The van der Waals surface area contributed by atoms with Crippen LogP contribution in [-0.4, -0.2) is 24.6 Å². The maximum atomic E-state index is 12.2. The van der Waals surface area contributed by atoms with Crippen molar-refractivity contribution in [3.63, 3.8) is 0 Å². The normalized spacial score (nSPS) is 11.5. The molecule has 0 aromatic heterocycles. The number of hydrogen-bond donors (Lipinski definition) is 1. The largest absolute Gasteiger partial charge is 0.479 e. The molecule has 2 rings (SSSR count). The second-order valence-corrected chi connectivity index (χ2v) is 6.33. The van der Waals surface area contributed by atoms with Crippen molar-refractivity contribution in [2.24, 2.45) is 0 Å². The van der Waals surface area contributed by atoms with Crippen LogP contribution in [0.15, 0.2) is 42.5 Å². The first kappa shape index (κ1) is 19.8. The van der Waals surface area contributed by atoms with Crippen LogP contribution in [0.4, 0.5) is 5.69 Å². The molecule has 2 aromatic rings. The van der Waals surface area contributed by atoms with Gasteiger partial charge in [0.15, 0.2) is 12.7 Å². The minimum Gasteiger partial charge on any atom is -0.479 e. The lowest BCUT2D eigenvalue weighted by atomic mass is 10.1. The van der Waals surface area contributed by atoms with Gasteiger partial charge in [-0.25, -0.2) is 4.79 Å². The summed E-state index contributed by atoms with van der Waals surface area (Å²) in [5.74, 6) is -0.470. The molecule has 0 unspecified atom stereocenters. The van der Waals surface area contributed by atoms with Crippen LogP contribution in [0.2, 0.25) is 5.02 Å². The Kier molecular flexibility index (Phi) is 7.04. The number of esters is 1. The van der Waals surface area contributed by atoms with Crippen molar-refractivity contribution in [1.29, 1.82) is 0 Å². The molecule has 2 aromatic carbocycles. The quantitative estimate of drug-likeness (QED) is 0.733. The van der Waals surface area contributed by atoms with Crippen LogP contribution < -0.4 is 10.1 Å². The molecule has 0 saturated carbocycles.